The third-order valence-corrected chi connectivity index (χ3v) is 6.17. The molecule has 0 bridgehead atoms. The maximum absolute atomic E-state index is 5.05. The van der Waals surface area contributed by atoms with Gasteiger partial charge in [0.1, 0.15) is 5.52 Å². The van der Waals surface area contributed by atoms with Gasteiger partial charge in [-0.1, -0.05) is 36.4 Å². The second-order valence-corrected chi connectivity index (χ2v) is 8.37. The van der Waals surface area contributed by atoms with Crippen LogP contribution in [-0.4, -0.2) is 37.5 Å². The molecule has 0 saturated carbocycles. The third-order valence-electron chi connectivity index (χ3n) is 6.17. The van der Waals surface area contributed by atoms with E-state index in [1.807, 2.05) is 30.9 Å². The van der Waals surface area contributed by atoms with Gasteiger partial charge in [-0.15, -0.1) is 0 Å². The van der Waals surface area contributed by atoms with Crippen molar-refractivity contribution in [2.75, 3.05) is 18.4 Å². The van der Waals surface area contributed by atoms with E-state index in [1.54, 1.807) is 0 Å². The highest BCUT2D eigenvalue weighted by molar-refractivity contribution is 5.86. The Bertz CT molecular complexity index is 1130. The molecule has 1 saturated heterocycles. The predicted octanol–water partition coefficient (Wildman–Crippen LogP) is 4.36. The smallest absolute Gasteiger partial charge is 0.154 e. The van der Waals surface area contributed by atoms with Gasteiger partial charge in [0.25, 0.3) is 0 Å². The van der Waals surface area contributed by atoms with Gasteiger partial charge in [-0.3, -0.25) is 9.88 Å². The number of benzene rings is 1. The summed E-state index contributed by atoms with van der Waals surface area (Å²) in [6.07, 6.45) is 7.91. The quantitative estimate of drug-likeness (QED) is 0.510. The van der Waals surface area contributed by atoms with E-state index in [1.165, 1.54) is 16.8 Å². The number of hydrogen-bond acceptors (Lipinski definition) is 5. The second-order valence-electron chi connectivity index (χ2n) is 8.37. The molecule has 1 aliphatic rings. The summed E-state index contributed by atoms with van der Waals surface area (Å²) in [6.45, 7) is 3.88. The van der Waals surface area contributed by atoms with Gasteiger partial charge in [0, 0.05) is 44.1 Å². The number of fused-ring (bicyclic) bond motifs is 1. The van der Waals surface area contributed by atoms with Crippen molar-refractivity contribution in [3.05, 3.63) is 84.1 Å². The van der Waals surface area contributed by atoms with Gasteiger partial charge >= 0.3 is 0 Å². The SMILES string of the molecule is Cn1cnc2c(NCc3ccccc3)nc(C3CCN(Cc4cccnc4)CC3)cc21. The largest absolute Gasteiger partial charge is 0.364 e. The number of piperidine rings is 1. The van der Waals surface area contributed by atoms with Crippen molar-refractivity contribution in [2.45, 2.75) is 31.8 Å². The number of nitrogens with zero attached hydrogens (tertiary/aromatic N) is 5. The molecule has 6 nitrogen and oxygen atoms in total. The van der Waals surface area contributed by atoms with Gasteiger partial charge < -0.3 is 9.88 Å². The minimum Gasteiger partial charge on any atom is -0.364 e. The number of rotatable bonds is 6. The van der Waals surface area contributed by atoms with Gasteiger partial charge in [-0.2, -0.15) is 0 Å². The van der Waals surface area contributed by atoms with Crippen LogP contribution in [0.5, 0.6) is 0 Å². The van der Waals surface area contributed by atoms with Crippen LogP contribution in [0.25, 0.3) is 11.0 Å². The number of anilines is 1. The van der Waals surface area contributed by atoms with E-state index in [2.05, 4.69) is 68.2 Å². The van der Waals surface area contributed by atoms with Crippen molar-refractivity contribution in [1.82, 2.24) is 24.4 Å². The lowest BCUT2D eigenvalue weighted by atomic mass is 9.92. The first kappa shape index (κ1) is 19.7. The Morgan fingerprint density at radius 2 is 1.84 bits per heavy atom. The fraction of sp³-hybridized carbons (Fsp3) is 0.320. The monoisotopic (exact) mass is 412 g/mol. The average Bonchev–Trinajstić information content (AvgIpc) is 3.20. The Kier molecular flexibility index (Phi) is 5.63. The summed E-state index contributed by atoms with van der Waals surface area (Å²) in [5.41, 5.74) is 5.77. The van der Waals surface area contributed by atoms with Crippen LogP contribution in [0, 0.1) is 0 Å². The Balaban J connectivity index is 1.32. The first-order valence-corrected chi connectivity index (χ1v) is 11.0. The maximum atomic E-state index is 5.05. The van der Waals surface area contributed by atoms with E-state index >= 15 is 0 Å². The second kappa shape index (κ2) is 8.86. The molecule has 1 fully saturated rings. The lowest BCUT2D eigenvalue weighted by Gasteiger charge is -2.31. The van der Waals surface area contributed by atoms with Gasteiger partial charge in [0.2, 0.25) is 0 Å². The lowest BCUT2D eigenvalue weighted by molar-refractivity contribution is 0.203. The van der Waals surface area contributed by atoms with Gasteiger partial charge in [0.15, 0.2) is 5.82 Å². The molecule has 0 aliphatic carbocycles. The molecule has 1 aliphatic heterocycles. The van der Waals surface area contributed by atoms with Crippen molar-refractivity contribution in [1.29, 1.82) is 0 Å². The number of hydrogen-bond donors (Lipinski definition) is 1. The summed E-state index contributed by atoms with van der Waals surface area (Å²) in [4.78, 5) is 16.4. The van der Waals surface area contributed by atoms with Gasteiger partial charge in [0.05, 0.1) is 11.8 Å². The number of imidazole rings is 1. The molecule has 0 spiro atoms. The average molecular weight is 413 g/mol. The van der Waals surface area contributed by atoms with Crippen molar-refractivity contribution in [3.8, 4) is 0 Å². The molecule has 0 atom stereocenters. The van der Waals surface area contributed by atoms with E-state index in [0.717, 1.165) is 55.9 Å². The fourth-order valence-electron chi connectivity index (χ4n) is 4.40. The Morgan fingerprint density at radius 1 is 1.03 bits per heavy atom. The molecule has 3 aromatic heterocycles. The van der Waals surface area contributed by atoms with Crippen LogP contribution in [0.3, 0.4) is 0 Å². The number of pyridine rings is 2. The topological polar surface area (TPSA) is 58.9 Å². The number of aromatic nitrogens is 4. The zero-order chi connectivity index (χ0) is 21.0. The molecule has 31 heavy (non-hydrogen) atoms. The molecule has 0 amide bonds. The van der Waals surface area contributed by atoms with Crippen molar-refractivity contribution < 1.29 is 0 Å². The molecule has 4 heterocycles. The summed E-state index contributed by atoms with van der Waals surface area (Å²) >= 11 is 0. The molecule has 4 aromatic rings. The molecule has 1 aromatic carbocycles. The van der Waals surface area contributed by atoms with E-state index in [4.69, 9.17) is 4.98 Å². The number of aryl methyl sites for hydroxylation is 1. The predicted molar refractivity (Wildman–Crippen MR) is 124 cm³/mol. The van der Waals surface area contributed by atoms with E-state index in [9.17, 15) is 0 Å². The summed E-state index contributed by atoms with van der Waals surface area (Å²) < 4.78 is 2.09. The molecule has 1 N–H and O–H groups in total. The lowest BCUT2D eigenvalue weighted by Crippen LogP contribution is -2.32. The van der Waals surface area contributed by atoms with Gasteiger partial charge in [-0.05, 0) is 49.2 Å². The number of likely N-dealkylation sites (tertiary alicyclic amines) is 1. The van der Waals surface area contributed by atoms with Gasteiger partial charge in [-0.25, -0.2) is 9.97 Å². The summed E-state index contributed by atoms with van der Waals surface area (Å²) in [5, 5.41) is 3.53. The molecular weight excluding hydrogens is 384 g/mol. The zero-order valence-corrected chi connectivity index (χ0v) is 17.9. The molecule has 0 radical (unpaired) electrons. The number of nitrogens with one attached hydrogen (secondary N) is 1. The van der Waals surface area contributed by atoms with Crippen LogP contribution in [-0.2, 0) is 20.1 Å². The third kappa shape index (κ3) is 4.44. The van der Waals surface area contributed by atoms with E-state index in [-0.39, 0.29) is 0 Å². The summed E-state index contributed by atoms with van der Waals surface area (Å²) in [7, 11) is 2.05. The highest BCUT2D eigenvalue weighted by Gasteiger charge is 2.23. The maximum Gasteiger partial charge on any atom is 0.154 e. The van der Waals surface area contributed by atoms with Crippen LogP contribution in [0.1, 0.15) is 35.6 Å². The summed E-state index contributed by atoms with van der Waals surface area (Å²) in [6, 6.07) is 16.8. The molecule has 0 unspecified atom stereocenters. The van der Waals surface area contributed by atoms with Crippen molar-refractivity contribution in [2.24, 2.45) is 7.05 Å². The Morgan fingerprint density at radius 3 is 2.61 bits per heavy atom. The van der Waals surface area contributed by atoms with Crippen molar-refractivity contribution in [3.63, 3.8) is 0 Å². The zero-order valence-electron chi connectivity index (χ0n) is 17.9. The first-order chi connectivity index (χ1) is 15.3. The highest BCUT2D eigenvalue weighted by Crippen LogP contribution is 2.31. The molecule has 158 valence electrons. The van der Waals surface area contributed by atoms with Crippen LogP contribution in [0.2, 0.25) is 0 Å². The first-order valence-electron chi connectivity index (χ1n) is 11.0. The summed E-state index contributed by atoms with van der Waals surface area (Å²) in [5.74, 6) is 1.36. The molecular formula is C25H28N6. The Labute approximate surface area is 183 Å². The van der Waals surface area contributed by atoms with Crippen LogP contribution < -0.4 is 5.32 Å². The molecule has 5 rings (SSSR count). The minimum absolute atomic E-state index is 0.474. The van der Waals surface area contributed by atoms with E-state index < -0.39 is 0 Å². The molecule has 6 heteroatoms. The normalized spacial score (nSPS) is 15.4. The fourth-order valence-corrected chi connectivity index (χ4v) is 4.40. The van der Waals surface area contributed by atoms with E-state index in [0.29, 0.717) is 5.92 Å². The Hall–Kier alpha value is -3.25. The highest BCUT2D eigenvalue weighted by atomic mass is 15.1. The van der Waals surface area contributed by atoms with Crippen LogP contribution in [0.4, 0.5) is 5.82 Å². The standard InChI is InChI=1S/C25H28N6/c1-30-18-28-24-23(30)14-22(29-25(24)27-16-19-6-3-2-4-7-19)21-9-12-31(13-10-21)17-20-8-5-11-26-15-20/h2-8,11,14-15,18,21H,9-10,12-13,16-17H2,1H3,(H,27,29). The van der Waals surface area contributed by atoms with Crippen molar-refractivity contribution >= 4 is 16.9 Å². The van der Waals surface area contributed by atoms with Crippen LogP contribution in [0.15, 0.2) is 67.3 Å². The van der Waals surface area contributed by atoms with Crippen LogP contribution >= 0.6 is 0 Å². The minimum atomic E-state index is 0.474.